The number of rotatable bonds is 5. The zero-order valence-corrected chi connectivity index (χ0v) is 12.4. The van der Waals surface area contributed by atoms with Crippen molar-refractivity contribution in [2.45, 2.75) is 57.7 Å². The SMILES string of the molecule is Cc1ccc(F)c(OC2CCC(CO)(NC(C)C)C2)c1. The van der Waals surface area contributed by atoms with E-state index >= 15 is 0 Å². The molecule has 3 nitrogen and oxygen atoms in total. The fourth-order valence-electron chi connectivity index (χ4n) is 2.99. The quantitative estimate of drug-likeness (QED) is 0.872. The lowest BCUT2D eigenvalue weighted by atomic mass is 9.97. The van der Waals surface area contributed by atoms with Crippen LogP contribution in [0.15, 0.2) is 18.2 Å². The van der Waals surface area contributed by atoms with E-state index in [2.05, 4.69) is 19.2 Å². The summed E-state index contributed by atoms with van der Waals surface area (Å²) in [4.78, 5) is 0. The second kappa shape index (κ2) is 6.10. The molecule has 1 aliphatic carbocycles. The van der Waals surface area contributed by atoms with E-state index in [1.807, 2.05) is 6.92 Å². The van der Waals surface area contributed by atoms with Crippen molar-refractivity contribution in [2.24, 2.45) is 0 Å². The molecule has 112 valence electrons. The van der Waals surface area contributed by atoms with Gasteiger partial charge in [-0.25, -0.2) is 4.39 Å². The maximum Gasteiger partial charge on any atom is 0.165 e. The second-order valence-electron chi connectivity index (χ2n) is 6.15. The van der Waals surface area contributed by atoms with Crippen LogP contribution in [0.25, 0.3) is 0 Å². The Morgan fingerprint density at radius 3 is 2.90 bits per heavy atom. The summed E-state index contributed by atoms with van der Waals surface area (Å²) in [6.07, 6.45) is 2.33. The number of ether oxygens (including phenoxy) is 1. The summed E-state index contributed by atoms with van der Waals surface area (Å²) < 4.78 is 19.5. The average molecular weight is 281 g/mol. The van der Waals surface area contributed by atoms with E-state index in [1.165, 1.54) is 6.07 Å². The lowest BCUT2D eigenvalue weighted by molar-refractivity contribution is 0.132. The van der Waals surface area contributed by atoms with Crippen LogP contribution in [0.5, 0.6) is 5.75 Å². The molecule has 1 aromatic carbocycles. The normalized spacial score (nSPS) is 26.2. The van der Waals surface area contributed by atoms with Gasteiger partial charge in [-0.15, -0.1) is 0 Å². The Labute approximate surface area is 120 Å². The molecule has 1 saturated carbocycles. The van der Waals surface area contributed by atoms with Gasteiger partial charge < -0.3 is 15.2 Å². The number of hydrogen-bond acceptors (Lipinski definition) is 3. The monoisotopic (exact) mass is 281 g/mol. The van der Waals surface area contributed by atoms with Crippen molar-refractivity contribution in [3.8, 4) is 5.75 Å². The molecule has 0 bridgehead atoms. The first-order chi connectivity index (χ1) is 9.44. The lowest BCUT2D eigenvalue weighted by Gasteiger charge is -2.30. The molecular formula is C16H24FNO2. The van der Waals surface area contributed by atoms with Crippen LogP contribution in [-0.4, -0.2) is 29.4 Å². The molecule has 2 unspecified atom stereocenters. The van der Waals surface area contributed by atoms with Gasteiger partial charge in [0, 0.05) is 18.0 Å². The van der Waals surface area contributed by atoms with Crippen LogP contribution in [0.1, 0.15) is 38.7 Å². The maximum atomic E-state index is 13.7. The summed E-state index contributed by atoms with van der Waals surface area (Å²) in [5.41, 5.74) is 0.687. The molecule has 2 N–H and O–H groups in total. The number of hydrogen-bond donors (Lipinski definition) is 2. The fraction of sp³-hybridized carbons (Fsp3) is 0.625. The molecule has 0 saturated heterocycles. The van der Waals surface area contributed by atoms with Gasteiger partial charge >= 0.3 is 0 Å². The predicted octanol–water partition coefficient (Wildman–Crippen LogP) is 2.79. The summed E-state index contributed by atoms with van der Waals surface area (Å²) in [6.45, 7) is 6.12. The molecule has 0 spiro atoms. The molecule has 0 heterocycles. The standard InChI is InChI=1S/C16H24FNO2/c1-11(2)18-16(10-19)7-6-13(9-16)20-15-8-12(3)4-5-14(15)17/h4-5,8,11,13,18-19H,6-7,9-10H2,1-3H3. The van der Waals surface area contributed by atoms with Crippen LogP contribution in [0, 0.1) is 12.7 Å². The third kappa shape index (κ3) is 3.49. The van der Waals surface area contributed by atoms with Gasteiger partial charge in [0.1, 0.15) is 6.10 Å². The minimum Gasteiger partial charge on any atom is -0.487 e. The van der Waals surface area contributed by atoms with Crippen molar-refractivity contribution in [1.82, 2.24) is 5.32 Å². The van der Waals surface area contributed by atoms with E-state index in [1.54, 1.807) is 12.1 Å². The first-order valence-corrected chi connectivity index (χ1v) is 7.25. The van der Waals surface area contributed by atoms with Crippen LogP contribution in [0.3, 0.4) is 0 Å². The van der Waals surface area contributed by atoms with Crippen molar-refractivity contribution in [3.05, 3.63) is 29.6 Å². The van der Waals surface area contributed by atoms with E-state index in [-0.39, 0.29) is 24.1 Å². The average Bonchev–Trinajstić information content (AvgIpc) is 2.77. The molecule has 2 rings (SSSR count). The van der Waals surface area contributed by atoms with E-state index in [0.717, 1.165) is 18.4 Å². The van der Waals surface area contributed by atoms with Gasteiger partial charge in [-0.3, -0.25) is 0 Å². The van der Waals surface area contributed by atoms with E-state index in [0.29, 0.717) is 18.2 Å². The fourth-order valence-corrected chi connectivity index (χ4v) is 2.99. The van der Waals surface area contributed by atoms with Crippen LogP contribution in [0.2, 0.25) is 0 Å². The number of benzene rings is 1. The van der Waals surface area contributed by atoms with Crippen LogP contribution < -0.4 is 10.1 Å². The molecule has 0 aromatic heterocycles. The molecule has 0 radical (unpaired) electrons. The van der Waals surface area contributed by atoms with Gasteiger partial charge in [-0.05, 0) is 37.5 Å². The number of aryl methyl sites for hydroxylation is 1. The lowest BCUT2D eigenvalue weighted by Crippen LogP contribution is -2.50. The van der Waals surface area contributed by atoms with E-state index in [4.69, 9.17) is 4.74 Å². The zero-order valence-electron chi connectivity index (χ0n) is 12.4. The molecule has 4 heteroatoms. The van der Waals surface area contributed by atoms with Crippen molar-refractivity contribution in [2.75, 3.05) is 6.61 Å². The Balaban J connectivity index is 2.04. The highest BCUT2D eigenvalue weighted by atomic mass is 19.1. The summed E-state index contributed by atoms with van der Waals surface area (Å²) in [7, 11) is 0. The molecule has 2 atom stereocenters. The Morgan fingerprint density at radius 1 is 1.50 bits per heavy atom. The topological polar surface area (TPSA) is 41.5 Å². The molecule has 1 aliphatic rings. The largest absolute Gasteiger partial charge is 0.487 e. The third-order valence-corrected chi connectivity index (χ3v) is 3.84. The minimum absolute atomic E-state index is 0.0512. The van der Waals surface area contributed by atoms with Crippen molar-refractivity contribution < 1.29 is 14.2 Å². The number of aliphatic hydroxyl groups is 1. The Bertz CT molecular complexity index is 464. The Morgan fingerprint density at radius 2 is 2.25 bits per heavy atom. The Hall–Kier alpha value is -1.13. The van der Waals surface area contributed by atoms with Gasteiger partial charge in [-0.1, -0.05) is 19.9 Å². The van der Waals surface area contributed by atoms with Crippen molar-refractivity contribution in [3.63, 3.8) is 0 Å². The Kier molecular flexibility index (Phi) is 4.66. The van der Waals surface area contributed by atoms with Crippen LogP contribution >= 0.6 is 0 Å². The molecule has 0 aliphatic heterocycles. The number of halogens is 1. The van der Waals surface area contributed by atoms with Crippen molar-refractivity contribution >= 4 is 0 Å². The molecule has 1 aromatic rings. The van der Waals surface area contributed by atoms with Crippen molar-refractivity contribution in [1.29, 1.82) is 0 Å². The molecule has 0 amide bonds. The number of nitrogens with one attached hydrogen (secondary N) is 1. The zero-order chi connectivity index (χ0) is 14.8. The van der Waals surface area contributed by atoms with Gasteiger partial charge in [0.15, 0.2) is 11.6 Å². The molecule has 20 heavy (non-hydrogen) atoms. The van der Waals surface area contributed by atoms with Gasteiger partial charge in [0.05, 0.1) is 6.61 Å². The second-order valence-corrected chi connectivity index (χ2v) is 6.15. The molecular weight excluding hydrogens is 257 g/mol. The van der Waals surface area contributed by atoms with Gasteiger partial charge in [0.25, 0.3) is 0 Å². The number of aliphatic hydroxyl groups excluding tert-OH is 1. The molecule has 1 fully saturated rings. The third-order valence-electron chi connectivity index (χ3n) is 3.84. The summed E-state index contributed by atoms with van der Waals surface area (Å²) in [5, 5.41) is 13.1. The van der Waals surface area contributed by atoms with Crippen LogP contribution in [-0.2, 0) is 0 Å². The highest BCUT2D eigenvalue weighted by Gasteiger charge is 2.40. The minimum atomic E-state index is -0.325. The van der Waals surface area contributed by atoms with E-state index < -0.39 is 0 Å². The first-order valence-electron chi connectivity index (χ1n) is 7.25. The predicted molar refractivity (Wildman–Crippen MR) is 77.5 cm³/mol. The van der Waals surface area contributed by atoms with Gasteiger partial charge in [-0.2, -0.15) is 0 Å². The highest BCUT2D eigenvalue weighted by Crippen LogP contribution is 2.33. The van der Waals surface area contributed by atoms with Crippen LogP contribution in [0.4, 0.5) is 4.39 Å². The first kappa shape index (κ1) is 15.3. The summed E-state index contributed by atoms with van der Waals surface area (Å²) in [5.74, 6) is -0.0118. The highest BCUT2D eigenvalue weighted by molar-refractivity contribution is 5.29. The van der Waals surface area contributed by atoms with E-state index in [9.17, 15) is 9.50 Å². The van der Waals surface area contributed by atoms with Gasteiger partial charge in [0.2, 0.25) is 0 Å². The smallest absolute Gasteiger partial charge is 0.165 e. The summed E-state index contributed by atoms with van der Waals surface area (Å²) in [6, 6.07) is 5.20. The summed E-state index contributed by atoms with van der Waals surface area (Å²) >= 11 is 0. The maximum absolute atomic E-state index is 13.7.